The van der Waals surface area contributed by atoms with Gasteiger partial charge in [-0.3, -0.25) is 0 Å². The molecule has 3 aromatic rings. The van der Waals surface area contributed by atoms with Crippen molar-refractivity contribution < 1.29 is 31.1 Å². The van der Waals surface area contributed by atoms with E-state index in [1.54, 1.807) is 6.20 Å². The first-order chi connectivity index (χ1) is 12.5. The van der Waals surface area contributed by atoms with Crippen LogP contribution in [0.15, 0.2) is 67.1 Å². The summed E-state index contributed by atoms with van der Waals surface area (Å²) in [4.78, 5) is 16.8. The number of nitrogens with zero attached hydrogens (tertiary/aromatic N) is 2. The van der Waals surface area contributed by atoms with Crippen LogP contribution in [-0.4, -0.2) is 17.1 Å². The van der Waals surface area contributed by atoms with Crippen LogP contribution in [0.2, 0.25) is 0 Å². The number of ether oxygens (including phenoxy) is 1. The van der Waals surface area contributed by atoms with Crippen LogP contribution in [0.25, 0.3) is 11.3 Å². The molecule has 0 unspecified atom stereocenters. The highest BCUT2D eigenvalue weighted by Gasteiger charge is 2.17. The predicted molar refractivity (Wildman–Crippen MR) is 101 cm³/mol. The smallest absolute Gasteiger partial charge is 0.338 e. The van der Waals surface area contributed by atoms with Gasteiger partial charge >= 0.3 is 5.97 Å². The monoisotopic (exact) mass is 426 g/mol. The number of rotatable bonds is 5. The van der Waals surface area contributed by atoms with Gasteiger partial charge in [0.05, 0.1) is 17.9 Å². The van der Waals surface area contributed by atoms with Crippen LogP contribution in [0.5, 0.6) is 0 Å². The van der Waals surface area contributed by atoms with E-state index < -0.39 is 0 Å². The van der Waals surface area contributed by atoms with Crippen LogP contribution in [0, 0.1) is 6.92 Å². The minimum absolute atomic E-state index is 0. The van der Waals surface area contributed by atoms with Crippen LogP contribution in [-0.2, 0) is 11.3 Å². The molecule has 0 fully saturated rings. The van der Waals surface area contributed by atoms with Crippen molar-refractivity contribution in [3.8, 4) is 11.3 Å². The van der Waals surface area contributed by atoms with Crippen LogP contribution in [0.1, 0.15) is 35.3 Å². The minimum atomic E-state index is -0.288. The zero-order valence-corrected chi connectivity index (χ0v) is 17.3. The standard InChI is InChI=1S/C22H23N2O2.BrH/c1-16(2)26-22(25)20-7-5-4-6-19(20)14-24-13-12-23-21(15-24)18-10-8-17(3)9-11-18;/h4-13,15-16H,14H2,1-3H3;1H/q+1;/p-1. The fourth-order valence-electron chi connectivity index (χ4n) is 2.74. The third-order valence-electron chi connectivity index (χ3n) is 4.04. The number of aryl methyl sites for hydroxylation is 1. The Labute approximate surface area is 170 Å². The van der Waals surface area contributed by atoms with Crippen molar-refractivity contribution in [1.82, 2.24) is 4.98 Å². The summed E-state index contributed by atoms with van der Waals surface area (Å²) in [6.07, 6.45) is 5.54. The number of halogens is 1. The first kappa shape index (κ1) is 20.8. The van der Waals surface area contributed by atoms with Crippen molar-refractivity contribution in [3.63, 3.8) is 0 Å². The second-order valence-electron chi connectivity index (χ2n) is 6.59. The molecule has 1 heterocycles. The van der Waals surface area contributed by atoms with Crippen molar-refractivity contribution in [3.05, 3.63) is 83.8 Å². The van der Waals surface area contributed by atoms with Crippen molar-refractivity contribution in [2.24, 2.45) is 0 Å². The molecule has 0 bridgehead atoms. The maximum absolute atomic E-state index is 12.3. The molecule has 5 heteroatoms. The van der Waals surface area contributed by atoms with E-state index in [1.165, 1.54) is 5.56 Å². The van der Waals surface area contributed by atoms with E-state index in [1.807, 2.05) is 55.1 Å². The van der Waals surface area contributed by atoms with Gasteiger partial charge in [0, 0.05) is 11.1 Å². The summed E-state index contributed by atoms with van der Waals surface area (Å²) in [5.74, 6) is -0.288. The van der Waals surface area contributed by atoms with E-state index in [-0.39, 0.29) is 29.1 Å². The number of benzene rings is 2. The number of hydrogen-bond donors (Lipinski definition) is 0. The lowest BCUT2D eigenvalue weighted by Crippen LogP contribution is -3.00. The average Bonchev–Trinajstić information content (AvgIpc) is 2.62. The third-order valence-corrected chi connectivity index (χ3v) is 4.04. The average molecular weight is 427 g/mol. The van der Waals surface area contributed by atoms with Crippen LogP contribution >= 0.6 is 0 Å². The molecule has 4 nitrogen and oxygen atoms in total. The highest BCUT2D eigenvalue weighted by Crippen LogP contribution is 2.16. The highest BCUT2D eigenvalue weighted by atomic mass is 79.9. The Morgan fingerprint density at radius 1 is 1.11 bits per heavy atom. The molecule has 0 atom stereocenters. The molecule has 0 aliphatic heterocycles. The summed E-state index contributed by atoms with van der Waals surface area (Å²) in [5.41, 5.74) is 4.70. The molecule has 0 saturated heterocycles. The summed E-state index contributed by atoms with van der Waals surface area (Å²) >= 11 is 0. The lowest BCUT2D eigenvalue weighted by molar-refractivity contribution is -0.688. The second-order valence-corrected chi connectivity index (χ2v) is 6.59. The number of aromatic nitrogens is 2. The Kier molecular flexibility index (Phi) is 7.25. The molecule has 1 aromatic heterocycles. The Balaban J connectivity index is 0.00000261. The summed E-state index contributed by atoms with van der Waals surface area (Å²) in [6, 6.07) is 15.8. The normalized spacial score (nSPS) is 10.4. The van der Waals surface area contributed by atoms with Gasteiger partial charge < -0.3 is 21.7 Å². The van der Waals surface area contributed by atoms with Crippen LogP contribution in [0.4, 0.5) is 0 Å². The molecule has 0 amide bonds. The Hall–Kier alpha value is -2.53. The van der Waals surface area contributed by atoms with Gasteiger partial charge in [0.15, 0.2) is 18.9 Å². The quantitative estimate of drug-likeness (QED) is 0.450. The van der Waals surface area contributed by atoms with Gasteiger partial charge in [0.2, 0.25) is 0 Å². The summed E-state index contributed by atoms with van der Waals surface area (Å²) < 4.78 is 7.39. The Bertz CT molecular complexity index is 908. The van der Waals surface area contributed by atoms with Gasteiger partial charge in [0.1, 0.15) is 5.69 Å². The van der Waals surface area contributed by atoms with Crippen LogP contribution < -0.4 is 21.5 Å². The molecule has 27 heavy (non-hydrogen) atoms. The molecule has 0 aliphatic carbocycles. The molecule has 0 saturated carbocycles. The maximum atomic E-state index is 12.3. The van der Waals surface area contributed by atoms with E-state index in [0.29, 0.717) is 12.1 Å². The summed E-state index contributed by atoms with van der Waals surface area (Å²) in [7, 11) is 0. The number of carbonyl (C=O) groups is 1. The van der Waals surface area contributed by atoms with Gasteiger partial charge in [-0.1, -0.05) is 48.0 Å². The second kappa shape index (κ2) is 9.42. The van der Waals surface area contributed by atoms with Gasteiger partial charge in [-0.05, 0) is 26.8 Å². The third kappa shape index (κ3) is 5.47. The maximum Gasteiger partial charge on any atom is 0.338 e. The summed E-state index contributed by atoms with van der Waals surface area (Å²) in [6.45, 7) is 6.35. The molecule has 3 rings (SSSR count). The number of carbonyl (C=O) groups excluding carboxylic acids is 1. The van der Waals surface area contributed by atoms with Gasteiger partial charge in [-0.15, -0.1) is 0 Å². The van der Waals surface area contributed by atoms with Crippen molar-refractivity contribution in [1.29, 1.82) is 0 Å². The minimum Gasteiger partial charge on any atom is -1.00 e. The fraction of sp³-hybridized carbons (Fsp3) is 0.227. The van der Waals surface area contributed by atoms with Crippen molar-refractivity contribution in [2.75, 3.05) is 0 Å². The lowest BCUT2D eigenvalue weighted by atomic mass is 10.1. The molecule has 0 radical (unpaired) electrons. The molecular formula is C22H23BrN2O2. The first-order valence-electron chi connectivity index (χ1n) is 8.74. The molecule has 0 spiro atoms. The van der Waals surface area contributed by atoms with E-state index >= 15 is 0 Å². The van der Waals surface area contributed by atoms with E-state index in [4.69, 9.17) is 4.74 Å². The zero-order chi connectivity index (χ0) is 18.5. The SMILES string of the molecule is Cc1ccc(-c2c[n+](Cc3ccccc3C(=O)OC(C)C)ccn2)cc1.[Br-]. The summed E-state index contributed by atoms with van der Waals surface area (Å²) in [5, 5.41) is 0. The highest BCUT2D eigenvalue weighted by molar-refractivity contribution is 5.91. The fourth-order valence-corrected chi connectivity index (χ4v) is 2.74. The number of esters is 1. The van der Waals surface area contributed by atoms with E-state index in [9.17, 15) is 4.79 Å². The van der Waals surface area contributed by atoms with Crippen LogP contribution in [0.3, 0.4) is 0 Å². The lowest BCUT2D eigenvalue weighted by Gasteiger charge is -2.10. The van der Waals surface area contributed by atoms with Crippen molar-refractivity contribution in [2.45, 2.75) is 33.4 Å². The van der Waals surface area contributed by atoms with Crippen molar-refractivity contribution >= 4 is 5.97 Å². The Morgan fingerprint density at radius 3 is 2.52 bits per heavy atom. The topological polar surface area (TPSA) is 43.1 Å². The molecule has 2 aromatic carbocycles. The van der Waals surface area contributed by atoms with E-state index in [0.717, 1.165) is 16.8 Å². The van der Waals surface area contributed by atoms with Gasteiger partial charge in [0.25, 0.3) is 0 Å². The van der Waals surface area contributed by atoms with Gasteiger partial charge in [-0.25, -0.2) is 9.78 Å². The van der Waals surface area contributed by atoms with Gasteiger partial charge in [-0.2, -0.15) is 4.57 Å². The first-order valence-corrected chi connectivity index (χ1v) is 8.74. The predicted octanol–water partition coefficient (Wildman–Crippen LogP) is 0.962. The molecule has 0 N–H and O–H groups in total. The molecular weight excluding hydrogens is 404 g/mol. The molecule has 140 valence electrons. The Morgan fingerprint density at radius 2 is 1.81 bits per heavy atom. The largest absolute Gasteiger partial charge is 1.00 e. The van der Waals surface area contributed by atoms with E-state index in [2.05, 4.69) is 36.2 Å². The molecule has 0 aliphatic rings. The zero-order valence-electron chi connectivity index (χ0n) is 15.7. The number of hydrogen-bond acceptors (Lipinski definition) is 3.